The number of thiazole rings is 1. The number of morpholine rings is 1. The number of hydrogen-bond acceptors (Lipinski definition) is 6. The van der Waals surface area contributed by atoms with Gasteiger partial charge in [0.05, 0.1) is 40.9 Å². The van der Waals surface area contributed by atoms with Gasteiger partial charge in [-0.2, -0.15) is 0 Å². The maximum atomic E-state index is 12.9. The number of rotatable bonds is 7. The molecule has 1 aliphatic heterocycles. The van der Waals surface area contributed by atoms with E-state index in [1.807, 2.05) is 18.2 Å². The van der Waals surface area contributed by atoms with Crippen molar-refractivity contribution in [1.29, 1.82) is 0 Å². The Bertz CT molecular complexity index is 874. The first-order chi connectivity index (χ1) is 14.7. The first kappa shape index (κ1) is 21.0. The molecule has 7 nitrogen and oxygen atoms in total. The van der Waals surface area contributed by atoms with Crippen molar-refractivity contribution in [2.24, 2.45) is 5.92 Å². The number of benzene rings is 1. The molecule has 1 fully saturated rings. The highest BCUT2D eigenvalue weighted by Gasteiger charge is 2.32. The lowest BCUT2D eigenvalue weighted by atomic mass is 9.82. The molecule has 2 aliphatic rings. The van der Waals surface area contributed by atoms with Gasteiger partial charge in [-0.15, -0.1) is 11.3 Å². The van der Waals surface area contributed by atoms with E-state index in [0.717, 1.165) is 54.5 Å². The Kier molecular flexibility index (Phi) is 7.09. The summed E-state index contributed by atoms with van der Waals surface area (Å²) in [5.74, 6) is -0.375. The van der Waals surface area contributed by atoms with Crippen molar-refractivity contribution >= 4 is 33.4 Å². The minimum absolute atomic E-state index is 0.00865. The molecule has 1 aliphatic carbocycles. The molecule has 2 atom stereocenters. The van der Waals surface area contributed by atoms with Crippen LogP contribution in [-0.4, -0.2) is 67.6 Å². The van der Waals surface area contributed by atoms with Crippen LogP contribution in [0.1, 0.15) is 23.8 Å². The molecule has 2 amide bonds. The summed E-state index contributed by atoms with van der Waals surface area (Å²) >= 11 is 1.66. The van der Waals surface area contributed by atoms with E-state index in [0.29, 0.717) is 13.0 Å². The standard InChI is InChI=1S/C22H28N4O3S/c27-20(23-9-10-26-11-13-29-14-12-26)15-24-21(28)16-5-1-2-6-17(16)22-25-18-7-3-4-8-19(18)30-22/h1-4,7-8,16-17H,5-6,9-15H2,(H,23,27)(H,24,28). The van der Waals surface area contributed by atoms with Gasteiger partial charge in [-0.3, -0.25) is 14.5 Å². The van der Waals surface area contributed by atoms with Crippen LogP contribution in [0, 0.1) is 5.92 Å². The summed E-state index contributed by atoms with van der Waals surface area (Å²) in [5, 5.41) is 6.72. The Morgan fingerprint density at radius 1 is 1.13 bits per heavy atom. The Morgan fingerprint density at radius 3 is 2.77 bits per heavy atom. The first-order valence-corrected chi connectivity index (χ1v) is 11.4. The van der Waals surface area contributed by atoms with E-state index in [9.17, 15) is 9.59 Å². The molecule has 30 heavy (non-hydrogen) atoms. The molecule has 1 aromatic carbocycles. The number of carbonyl (C=O) groups excluding carboxylic acids is 2. The van der Waals surface area contributed by atoms with E-state index in [1.54, 1.807) is 11.3 Å². The molecule has 1 aromatic heterocycles. The van der Waals surface area contributed by atoms with Crippen LogP contribution < -0.4 is 10.6 Å². The molecule has 1 saturated heterocycles. The second-order valence-electron chi connectivity index (χ2n) is 7.70. The van der Waals surface area contributed by atoms with Crippen molar-refractivity contribution in [3.8, 4) is 0 Å². The highest BCUT2D eigenvalue weighted by atomic mass is 32.1. The predicted molar refractivity (Wildman–Crippen MR) is 118 cm³/mol. The number of carbonyl (C=O) groups is 2. The zero-order valence-electron chi connectivity index (χ0n) is 17.0. The van der Waals surface area contributed by atoms with Gasteiger partial charge in [0.2, 0.25) is 11.8 Å². The lowest BCUT2D eigenvalue weighted by Crippen LogP contribution is -2.44. The average molecular weight is 429 g/mol. The third kappa shape index (κ3) is 5.24. The van der Waals surface area contributed by atoms with Gasteiger partial charge in [0, 0.05) is 32.1 Å². The molecule has 160 valence electrons. The Balaban J connectivity index is 1.28. The number of amides is 2. The van der Waals surface area contributed by atoms with Crippen LogP contribution in [0.2, 0.25) is 0 Å². The summed E-state index contributed by atoms with van der Waals surface area (Å²) in [4.78, 5) is 32.0. The Labute approximate surface area is 180 Å². The summed E-state index contributed by atoms with van der Waals surface area (Å²) in [5.41, 5.74) is 0.978. The number of allylic oxidation sites excluding steroid dienone is 2. The topological polar surface area (TPSA) is 83.6 Å². The van der Waals surface area contributed by atoms with Gasteiger partial charge >= 0.3 is 0 Å². The SMILES string of the molecule is O=C(CNC(=O)C1CC=CCC1c1nc2ccccc2s1)NCCN1CCOCC1. The van der Waals surface area contributed by atoms with Crippen molar-refractivity contribution in [3.63, 3.8) is 0 Å². The van der Waals surface area contributed by atoms with Gasteiger partial charge in [0.25, 0.3) is 0 Å². The molecule has 0 saturated carbocycles. The van der Waals surface area contributed by atoms with Gasteiger partial charge in [-0.1, -0.05) is 24.3 Å². The Morgan fingerprint density at radius 2 is 1.93 bits per heavy atom. The number of ether oxygens (including phenoxy) is 1. The van der Waals surface area contributed by atoms with Crippen LogP contribution in [-0.2, 0) is 14.3 Å². The van der Waals surface area contributed by atoms with E-state index in [-0.39, 0.29) is 30.2 Å². The fourth-order valence-electron chi connectivity index (χ4n) is 3.96. The fourth-order valence-corrected chi connectivity index (χ4v) is 5.11. The van der Waals surface area contributed by atoms with E-state index in [2.05, 4.69) is 33.8 Å². The normalized spacial score (nSPS) is 22.1. The van der Waals surface area contributed by atoms with Gasteiger partial charge in [0.1, 0.15) is 0 Å². The highest BCUT2D eigenvalue weighted by Crippen LogP contribution is 2.38. The molecule has 2 aromatic rings. The zero-order valence-corrected chi connectivity index (χ0v) is 17.8. The largest absolute Gasteiger partial charge is 0.379 e. The Hall–Kier alpha value is -2.29. The maximum absolute atomic E-state index is 12.9. The number of para-hydroxylation sites is 1. The average Bonchev–Trinajstić information content (AvgIpc) is 3.22. The first-order valence-electron chi connectivity index (χ1n) is 10.6. The molecular formula is C22H28N4O3S. The summed E-state index contributed by atoms with van der Waals surface area (Å²) in [7, 11) is 0. The third-order valence-electron chi connectivity index (χ3n) is 5.67. The summed E-state index contributed by atoms with van der Waals surface area (Å²) in [6, 6.07) is 8.05. The molecule has 8 heteroatoms. The quantitative estimate of drug-likeness (QED) is 0.659. The number of nitrogens with zero attached hydrogens (tertiary/aromatic N) is 2. The predicted octanol–water partition coefficient (Wildman–Crippen LogP) is 1.91. The fraction of sp³-hybridized carbons (Fsp3) is 0.500. The highest BCUT2D eigenvalue weighted by molar-refractivity contribution is 7.18. The van der Waals surface area contributed by atoms with Crippen molar-refractivity contribution in [2.45, 2.75) is 18.8 Å². The molecule has 2 heterocycles. The van der Waals surface area contributed by atoms with Crippen LogP contribution in [0.4, 0.5) is 0 Å². The van der Waals surface area contributed by atoms with Crippen molar-refractivity contribution in [1.82, 2.24) is 20.5 Å². The van der Waals surface area contributed by atoms with Gasteiger partial charge in [-0.05, 0) is 25.0 Å². The monoisotopic (exact) mass is 428 g/mol. The smallest absolute Gasteiger partial charge is 0.239 e. The maximum Gasteiger partial charge on any atom is 0.239 e. The third-order valence-corrected chi connectivity index (χ3v) is 6.84. The van der Waals surface area contributed by atoms with Crippen LogP contribution in [0.3, 0.4) is 0 Å². The zero-order chi connectivity index (χ0) is 20.8. The van der Waals surface area contributed by atoms with Gasteiger partial charge in [0.15, 0.2) is 0 Å². The van der Waals surface area contributed by atoms with E-state index in [4.69, 9.17) is 9.72 Å². The number of hydrogen-bond donors (Lipinski definition) is 2. The van der Waals surface area contributed by atoms with Crippen molar-refractivity contribution < 1.29 is 14.3 Å². The van der Waals surface area contributed by atoms with Crippen LogP contribution in [0.15, 0.2) is 36.4 Å². The second kappa shape index (κ2) is 10.1. The number of fused-ring (bicyclic) bond motifs is 1. The summed E-state index contributed by atoms with van der Waals surface area (Å²) < 4.78 is 6.46. The molecule has 0 bridgehead atoms. The van der Waals surface area contributed by atoms with Crippen LogP contribution in [0.5, 0.6) is 0 Å². The molecule has 4 rings (SSSR count). The van der Waals surface area contributed by atoms with E-state index < -0.39 is 0 Å². The minimum Gasteiger partial charge on any atom is -0.379 e. The molecule has 2 unspecified atom stereocenters. The van der Waals surface area contributed by atoms with Crippen LogP contribution in [0.25, 0.3) is 10.2 Å². The lowest BCUT2D eigenvalue weighted by Gasteiger charge is -2.27. The summed E-state index contributed by atoms with van der Waals surface area (Å²) in [6.45, 7) is 4.68. The van der Waals surface area contributed by atoms with Gasteiger partial charge in [-0.25, -0.2) is 4.98 Å². The number of nitrogens with one attached hydrogen (secondary N) is 2. The van der Waals surface area contributed by atoms with Crippen molar-refractivity contribution in [2.75, 3.05) is 45.9 Å². The minimum atomic E-state index is -0.197. The molecule has 0 spiro atoms. The van der Waals surface area contributed by atoms with Crippen LogP contribution >= 0.6 is 11.3 Å². The van der Waals surface area contributed by atoms with Gasteiger partial charge < -0.3 is 15.4 Å². The van der Waals surface area contributed by atoms with Crippen molar-refractivity contribution in [3.05, 3.63) is 41.4 Å². The molecule has 0 radical (unpaired) electrons. The van der Waals surface area contributed by atoms with E-state index in [1.165, 1.54) is 0 Å². The summed E-state index contributed by atoms with van der Waals surface area (Å²) in [6.07, 6.45) is 5.64. The lowest BCUT2D eigenvalue weighted by molar-refractivity contribution is -0.129. The molecular weight excluding hydrogens is 400 g/mol. The number of aromatic nitrogens is 1. The second-order valence-corrected chi connectivity index (χ2v) is 8.76. The molecule has 2 N–H and O–H groups in total. The van der Waals surface area contributed by atoms with E-state index >= 15 is 0 Å².